The summed E-state index contributed by atoms with van der Waals surface area (Å²) in [6, 6.07) is 5.55. The molecule has 1 aromatic rings. The minimum Gasteiger partial charge on any atom is -0.326 e. The number of aryl methyl sites for hydroxylation is 1. The molecule has 0 radical (unpaired) electrons. The van der Waals surface area contributed by atoms with E-state index in [0.29, 0.717) is 12.2 Å². The summed E-state index contributed by atoms with van der Waals surface area (Å²) in [5.41, 5.74) is 1.78. The normalized spacial score (nSPS) is 11.7. The first-order valence-corrected chi connectivity index (χ1v) is 9.39. The molecule has 0 fully saturated rings. The van der Waals surface area contributed by atoms with Gasteiger partial charge in [-0.25, -0.2) is 12.7 Å². The van der Waals surface area contributed by atoms with Crippen LogP contribution in [0.1, 0.15) is 25.3 Å². The number of halogens is 1. The summed E-state index contributed by atoms with van der Waals surface area (Å²) in [4.78, 5) is 11.9. The Labute approximate surface area is 134 Å². The Kier molecular flexibility index (Phi) is 6.83. The average molecular weight is 377 g/mol. The quantitative estimate of drug-likeness (QED) is 0.795. The monoisotopic (exact) mass is 376 g/mol. The second kappa shape index (κ2) is 7.91. The molecular formula is C14H21BrN2O3S. The first kappa shape index (κ1) is 18.1. The number of amides is 1. The fraction of sp³-hybridized carbons (Fsp3) is 0.500. The Morgan fingerprint density at radius 3 is 2.52 bits per heavy atom. The van der Waals surface area contributed by atoms with E-state index in [4.69, 9.17) is 0 Å². The molecule has 0 aliphatic heterocycles. The van der Waals surface area contributed by atoms with Crippen LogP contribution < -0.4 is 5.32 Å². The van der Waals surface area contributed by atoms with E-state index in [1.807, 2.05) is 32.0 Å². The lowest BCUT2D eigenvalue weighted by atomic mass is 10.2. The van der Waals surface area contributed by atoms with Crippen molar-refractivity contribution in [1.29, 1.82) is 0 Å². The van der Waals surface area contributed by atoms with Crippen LogP contribution in [0.2, 0.25) is 0 Å². The van der Waals surface area contributed by atoms with E-state index in [1.54, 1.807) is 0 Å². The maximum Gasteiger partial charge on any atom is 0.225 e. The van der Waals surface area contributed by atoms with Crippen LogP contribution in [-0.4, -0.2) is 38.0 Å². The van der Waals surface area contributed by atoms with Crippen molar-refractivity contribution >= 4 is 37.5 Å². The maximum absolute atomic E-state index is 11.9. The fourth-order valence-electron chi connectivity index (χ4n) is 1.81. The zero-order valence-electron chi connectivity index (χ0n) is 12.5. The molecule has 0 saturated heterocycles. The van der Waals surface area contributed by atoms with Crippen LogP contribution in [0.25, 0.3) is 0 Å². The van der Waals surface area contributed by atoms with E-state index in [0.717, 1.165) is 22.7 Å². The molecule has 0 unspecified atom stereocenters. The number of benzene rings is 1. The van der Waals surface area contributed by atoms with Crippen LogP contribution in [0.3, 0.4) is 0 Å². The number of carbonyl (C=O) groups excluding carboxylic acids is 1. The van der Waals surface area contributed by atoms with E-state index in [2.05, 4.69) is 21.2 Å². The number of carbonyl (C=O) groups is 1. The molecule has 7 heteroatoms. The SMILES string of the molecule is CCCN(CCC(=O)Nc1ccc(C)c(Br)c1)S(C)(=O)=O. The van der Waals surface area contributed by atoms with Crippen molar-refractivity contribution in [2.45, 2.75) is 26.7 Å². The summed E-state index contributed by atoms with van der Waals surface area (Å²) in [5, 5.41) is 2.77. The van der Waals surface area contributed by atoms with E-state index >= 15 is 0 Å². The molecule has 21 heavy (non-hydrogen) atoms. The Bertz CT molecular complexity index is 602. The number of rotatable bonds is 7. The highest BCUT2D eigenvalue weighted by Gasteiger charge is 2.16. The second-order valence-electron chi connectivity index (χ2n) is 4.92. The lowest BCUT2D eigenvalue weighted by Crippen LogP contribution is -2.33. The number of sulfonamides is 1. The van der Waals surface area contributed by atoms with Gasteiger partial charge in [0.1, 0.15) is 0 Å². The van der Waals surface area contributed by atoms with Crippen molar-refractivity contribution in [2.24, 2.45) is 0 Å². The molecule has 118 valence electrons. The first-order valence-electron chi connectivity index (χ1n) is 6.75. The number of nitrogens with zero attached hydrogens (tertiary/aromatic N) is 1. The smallest absolute Gasteiger partial charge is 0.225 e. The number of hydrogen-bond acceptors (Lipinski definition) is 3. The van der Waals surface area contributed by atoms with E-state index in [9.17, 15) is 13.2 Å². The van der Waals surface area contributed by atoms with Crippen LogP contribution in [0.5, 0.6) is 0 Å². The highest BCUT2D eigenvalue weighted by Crippen LogP contribution is 2.20. The Hall–Kier alpha value is -0.920. The predicted octanol–water partition coefficient (Wildman–Crippen LogP) is 2.76. The molecule has 1 N–H and O–H groups in total. The minimum atomic E-state index is -3.26. The molecule has 0 atom stereocenters. The van der Waals surface area contributed by atoms with Gasteiger partial charge in [0.15, 0.2) is 0 Å². The number of anilines is 1. The van der Waals surface area contributed by atoms with Crippen LogP contribution in [0.15, 0.2) is 22.7 Å². The van der Waals surface area contributed by atoms with Crippen LogP contribution in [-0.2, 0) is 14.8 Å². The molecule has 1 aromatic carbocycles. The van der Waals surface area contributed by atoms with E-state index < -0.39 is 10.0 Å². The molecule has 5 nitrogen and oxygen atoms in total. The number of nitrogens with one attached hydrogen (secondary N) is 1. The standard InChI is InChI=1S/C14H21BrN2O3S/c1-4-8-17(21(3,19)20)9-7-14(18)16-12-6-5-11(2)13(15)10-12/h5-6,10H,4,7-9H2,1-3H3,(H,16,18). The zero-order valence-corrected chi connectivity index (χ0v) is 14.9. The van der Waals surface area contributed by atoms with Gasteiger partial charge in [-0.05, 0) is 31.0 Å². The fourth-order valence-corrected chi connectivity index (χ4v) is 3.13. The van der Waals surface area contributed by atoms with Crippen LogP contribution >= 0.6 is 15.9 Å². The van der Waals surface area contributed by atoms with Gasteiger partial charge in [0.05, 0.1) is 6.26 Å². The summed E-state index contributed by atoms with van der Waals surface area (Å²) in [6.45, 7) is 4.50. The van der Waals surface area contributed by atoms with Crippen LogP contribution in [0, 0.1) is 6.92 Å². The lowest BCUT2D eigenvalue weighted by molar-refractivity contribution is -0.116. The minimum absolute atomic E-state index is 0.137. The van der Waals surface area contributed by atoms with Crippen molar-refractivity contribution in [1.82, 2.24) is 4.31 Å². The van der Waals surface area contributed by atoms with Gasteiger partial charge in [0.25, 0.3) is 0 Å². The van der Waals surface area contributed by atoms with Crippen LogP contribution in [0.4, 0.5) is 5.69 Å². The van der Waals surface area contributed by atoms with Gasteiger partial charge >= 0.3 is 0 Å². The summed E-state index contributed by atoms with van der Waals surface area (Å²) in [7, 11) is -3.26. The Morgan fingerprint density at radius 1 is 1.33 bits per heavy atom. The van der Waals surface area contributed by atoms with Gasteiger partial charge < -0.3 is 5.32 Å². The largest absolute Gasteiger partial charge is 0.326 e. The molecule has 0 saturated carbocycles. The lowest BCUT2D eigenvalue weighted by Gasteiger charge is -2.18. The Morgan fingerprint density at radius 2 is 2.00 bits per heavy atom. The molecule has 0 aromatic heterocycles. The third-order valence-corrected chi connectivity index (χ3v) is 5.14. The summed E-state index contributed by atoms with van der Waals surface area (Å²) in [5.74, 6) is -0.199. The van der Waals surface area contributed by atoms with E-state index in [1.165, 1.54) is 4.31 Å². The molecule has 0 aliphatic carbocycles. The highest BCUT2D eigenvalue weighted by atomic mass is 79.9. The molecule has 0 heterocycles. The van der Waals surface area contributed by atoms with Crippen molar-refractivity contribution in [2.75, 3.05) is 24.7 Å². The summed E-state index contributed by atoms with van der Waals surface area (Å²) >= 11 is 3.41. The predicted molar refractivity (Wildman–Crippen MR) is 88.8 cm³/mol. The van der Waals surface area contributed by atoms with E-state index in [-0.39, 0.29) is 18.9 Å². The molecule has 0 aliphatic rings. The van der Waals surface area contributed by atoms with Gasteiger partial charge in [-0.3, -0.25) is 4.79 Å². The summed E-state index contributed by atoms with van der Waals surface area (Å²) in [6.07, 6.45) is 2.02. The molecule has 0 bridgehead atoms. The van der Waals surface area contributed by atoms with Gasteiger partial charge in [-0.15, -0.1) is 0 Å². The molecule has 1 rings (SSSR count). The third-order valence-electron chi connectivity index (χ3n) is 2.99. The van der Waals surface area contributed by atoms with Gasteiger partial charge in [0, 0.05) is 29.7 Å². The van der Waals surface area contributed by atoms with Crippen molar-refractivity contribution in [3.05, 3.63) is 28.2 Å². The van der Waals surface area contributed by atoms with Gasteiger partial charge in [-0.1, -0.05) is 28.9 Å². The van der Waals surface area contributed by atoms with Crippen molar-refractivity contribution in [3.63, 3.8) is 0 Å². The van der Waals surface area contributed by atoms with Crippen molar-refractivity contribution in [3.8, 4) is 0 Å². The highest BCUT2D eigenvalue weighted by molar-refractivity contribution is 9.10. The second-order valence-corrected chi connectivity index (χ2v) is 7.76. The number of hydrogen-bond donors (Lipinski definition) is 1. The first-order chi connectivity index (χ1) is 9.74. The summed E-state index contributed by atoms with van der Waals surface area (Å²) < 4.78 is 25.4. The molecule has 1 amide bonds. The van der Waals surface area contributed by atoms with Gasteiger partial charge in [-0.2, -0.15) is 0 Å². The van der Waals surface area contributed by atoms with Gasteiger partial charge in [0.2, 0.25) is 15.9 Å². The topological polar surface area (TPSA) is 66.5 Å². The zero-order chi connectivity index (χ0) is 16.0. The maximum atomic E-state index is 11.9. The molecular weight excluding hydrogens is 356 g/mol. The molecule has 0 spiro atoms. The Balaban J connectivity index is 2.58. The average Bonchev–Trinajstić information content (AvgIpc) is 2.37. The third kappa shape index (κ3) is 6.15. The van der Waals surface area contributed by atoms with Crippen molar-refractivity contribution < 1.29 is 13.2 Å².